The molecule has 0 saturated carbocycles. The Morgan fingerprint density at radius 3 is 2.35 bits per heavy atom. The van der Waals surface area contributed by atoms with E-state index in [1.807, 2.05) is 61.5 Å². The zero-order valence-electron chi connectivity index (χ0n) is 23.3. The van der Waals surface area contributed by atoms with Crippen molar-refractivity contribution in [3.05, 3.63) is 105 Å². The van der Waals surface area contributed by atoms with Gasteiger partial charge in [-0.15, -0.1) is 0 Å². The highest BCUT2D eigenvalue weighted by Gasteiger charge is 2.48. The molecule has 1 unspecified atom stereocenters. The first-order valence-electron chi connectivity index (χ1n) is 13.2. The maximum absolute atomic E-state index is 14.1. The second-order valence-corrected chi connectivity index (χ2v) is 11.5. The summed E-state index contributed by atoms with van der Waals surface area (Å²) in [6, 6.07) is 20.2. The minimum Gasteiger partial charge on any atom is -0.507 e. The third-order valence-corrected chi connectivity index (χ3v) is 7.96. The molecule has 2 N–H and O–H groups in total. The van der Waals surface area contributed by atoms with Crippen LogP contribution in [0.15, 0.2) is 83.6 Å². The normalized spacial score (nSPS) is 19.9. The first-order valence-corrected chi connectivity index (χ1v) is 13.6. The summed E-state index contributed by atoms with van der Waals surface area (Å²) >= 11 is 6.70. The summed E-state index contributed by atoms with van der Waals surface area (Å²) in [7, 11) is 3.11. The van der Waals surface area contributed by atoms with Crippen molar-refractivity contribution < 1.29 is 19.4 Å². The summed E-state index contributed by atoms with van der Waals surface area (Å²) in [6.07, 6.45) is 0.875. The fraction of sp³-hybridized carbons (Fsp3) is 0.273. The van der Waals surface area contributed by atoms with Crippen molar-refractivity contribution in [2.75, 3.05) is 19.1 Å². The molecule has 1 atom stereocenters. The van der Waals surface area contributed by atoms with Crippen LogP contribution in [-0.2, 0) is 4.79 Å². The van der Waals surface area contributed by atoms with Gasteiger partial charge in [0.25, 0.3) is 0 Å². The molecule has 206 valence electrons. The molecule has 40 heavy (non-hydrogen) atoms. The van der Waals surface area contributed by atoms with E-state index in [9.17, 15) is 15.3 Å². The van der Waals surface area contributed by atoms with E-state index in [1.165, 1.54) is 0 Å². The van der Waals surface area contributed by atoms with Crippen LogP contribution in [0.1, 0.15) is 49.3 Å². The molecule has 0 aromatic heterocycles. The topological polar surface area (TPSA) is 82.9 Å². The minimum absolute atomic E-state index is 0.0418. The number of Topliss-reactive ketones (excluding diaryl/α,β-unsaturated/α-hetero) is 1. The van der Waals surface area contributed by atoms with Crippen LogP contribution in [0.25, 0.3) is 5.76 Å². The van der Waals surface area contributed by atoms with Gasteiger partial charge in [-0.25, -0.2) is 0 Å². The number of benzene rings is 3. The van der Waals surface area contributed by atoms with E-state index in [2.05, 4.69) is 13.8 Å². The van der Waals surface area contributed by atoms with Crippen LogP contribution in [0.4, 0.5) is 5.69 Å². The molecule has 1 heterocycles. The number of aliphatic hydroxyl groups excluding tert-OH is 1. The number of aliphatic hydroxyl groups is 1. The van der Waals surface area contributed by atoms with Gasteiger partial charge in [0.1, 0.15) is 11.6 Å². The molecule has 0 amide bonds. The van der Waals surface area contributed by atoms with Crippen LogP contribution in [0, 0.1) is 17.7 Å². The number of hydrogen-bond acceptors (Lipinski definition) is 5. The van der Waals surface area contributed by atoms with E-state index in [4.69, 9.17) is 21.1 Å². The highest BCUT2D eigenvalue weighted by Crippen LogP contribution is 2.54. The van der Waals surface area contributed by atoms with Crippen LogP contribution in [-0.4, -0.2) is 30.9 Å². The SMILES string of the molecule is COc1cccc(C2C3=C(CC(C)(C)CC3=O)N(c3ccccc3Cl)C(=N)/C2=C(/O)c2ccc(C)cc2)c1OC. The van der Waals surface area contributed by atoms with Gasteiger partial charge in [-0.2, -0.15) is 0 Å². The van der Waals surface area contributed by atoms with Crippen molar-refractivity contribution in [2.45, 2.75) is 39.5 Å². The number of allylic oxidation sites excluding steroid dienone is 2. The smallest absolute Gasteiger partial charge is 0.164 e. The molecule has 0 bridgehead atoms. The maximum atomic E-state index is 14.1. The monoisotopic (exact) mass is 556 g/mol. The molecular weight excluding hydrogens is 524 g/mol. The van der Waals surface area contributed by atoms with Gasteiger partial charge in [-0.3, -0.25) is 15.1 Å². The van der Waals surface area contributed by atoms with Gasteiger partial charge >= 0.3 is 0 Å². The van der Waals surface area contributed by atoms with E-state index in [-0.39, 0.29) is 22.8 Å². The number of amidine groups is 1. The number of carbonyl (C=O) groups is 1. The molecule has 0 saturated heterocycles. The zero-order valence-corrected chi connectivity index (χ0v) is 24.1. The molecule has 3 aromatic carbocycles. The number of ether oxygens (including phenoxy) is 2. The Balaban J connectivity index is 1.91. The summed E-state index contributed by atoms with van der Waals surface area (Å²) in [4.78, 5) is 15.9. The highest BCUT2D eigenvalue weighted by molar-refractivity contribution is 6.34. The predicted molar refractivity (Wildman–Crippen MR) is 160 cm³/mol. The standard InChI is InChI=1S/C33H33ClN2O4/c1-19-13-15-20(16-14-19)30(38)29-27(21-9-8-12-26(39-4)31(21)40-5)28-24(17-33(2,3)18-25(28)37)36(32(29)35)23-11-7-6-10-22(23)34/h6-16,27,35,38H,17-18H2,1-5H3/b30-29+,35-32?. The van der Waals surface area contributed by atoms with Crippen molar-refractivity contribution in [1.29, 1.82) is 5.41 Å². The van der Waals surface area contributed by atoms with E-state index < -0.39 is 5.92 Å². The van der Waals surface area contributed by atoms with Gasteiger partial charge in [0.2, 0.25) is 0 Å². The van der Waals surface area contributed by atoms with Gasteiger partial charge < -0.3 is 14.6 Å². The number of anilines is 1. The maximum Gasteiger partial charge on any atom is 0.164 e. The number of halogens is 1. The summed E-state index contributed by atoms with van der Waals surface area (Å²) < 4.78 is 11.4. The van der Waals surface area contributed by atoms with Gasteiger partial charge in [-0.05, 0) is 37.0 Å². The molecule has 3 aromatic rings. The average molecular weight is 557 g/mol. The molecule has 0 fully saturated rings. The summed E-state index contributed by atoms with van der Waals surface area (Å²) in [5.41, 5.74) is 3.99. The second-order valence-electron chi connectivity index (χ2n) is 11.1. The van der Waals surface area contributed by atoms with Crippen molar-refractivity contribution >= 4 is 34.7 Å². The third kappa shape index (κ3) is 4.66. The van der Waals surface area contributed by atoms with E-state index in [1.54, 1.807) is 31.3 Å². The molecule has 0 radical (unpaired) electrons. The van der Waals surface area contributed by atoms with Crippen molar-refractivity contribution in [3.63, 3.8) is 0 Å². The second kappa shape index (κ2) is 10.5. The summed E-state index contributed by atoms with van der Waals surface area (Å²) in [5, 5.41) is 22.0. The highest BCUT2D eigenvalue weighted by atomic mass is 35.5. The Morgan fingerprint density at radius 1 is 1.00 bits per heavy atom. The fourth-order valence-corrected chi connectivity index (χ4v) is 6.05. The number of rotatable bonds is 5. The molecule has 2 aliphatic rings. The first kappa shape index (κ1) is 27.5. The number of carbonyl (C=O) groups excluding carboxylic acids is 1. The fourth-order valence-electron chi connectivity index (χ4n) is 5.83. The Morgan fingerprint density at radius 2 is 1.70 bits per heavy atom. The molecule has 6 nitrogen and oxygen atoms in total. The van der Waals surface area contributed by atoms with Crippen LogP contribution in [0.3, 0.4) is 0 Å². The van der Waals surface area contributed by atoms with Gasteiger partial charge in [0, 0.05) is 34.4 Å². The summed E-state index contributed by atoms with van der Waals surface area (Å²) in [5.74, 6) is 0.107. The molecular formula is C33H33ClN2O4. The van der Waals surface area contributed by atoms with Crippen LogP contribution >= 0.6 is 11.6 Å². The first-order chi connectivity index (χ1) is 19.1. The number of methoxy groups -OCH3 is 2. The Labute approximate surface area is 240 Å². The Bertz CT molecular complexity index is 1570. The molecule has 0 spiro atoms. The molecule has 1 aliphatic carbocycles. The van der Waals surface area contributed by atoms with Gasteiger partial charge in [0.05, 0.1) is 30.8 Å². The summed E-state index contributed by atoms with van der Waals surface area (Å²) in [6.45, 7) is 6.08. The van der Waals surface area contributed by atoms with E-state index in [0.29, 0.717) is 63.0 Å². The lowest BCUT2D eigenvalue weighted by molar-refractivity contribution is -0.118. The number of hydrogen-bond donors (Lipinski definition) is 2. The minimum atomic E-state index is -0.767. The number of para-hydroxylation sites is 2. The lowest BCUT2D eigenvalue weighted by Crippen LogP contribution is -2.45. The Kier molecular flexibility index (Phi) is 7.23. The third-order valence-electron chi connectivity index (χ3n) is 7.64. The largest absolute Gasteiger partial charge is 0.507 e. The molecule has 7 heteroatoms. The molecule has 5 rings (SSSR count). The lowest BCUT2D eigenvalue weighted by atomic mass is 9.67. The van der Waals surface area contributed by atoms with Crippen molar-refractivity contribution in [2.24, 2.45) is 5.41 Å². The quantitative estimate of drug-likeness (QED) is 0.312. The van der Waals surface area contributed by atoms with Crippen LogP contribution < -0.4 is 14.4 Å². The van der Waals surface area contributed by atoms with Gasteiger partial charge in [0.15, 0.2) is 17.3 Å². The lowest BCUT2D eigenvalue weighted by Gasteiger charge is -2.45. The van der Waals surface area contributed by atoms with E-state index >= 15 is 0 Å². The van der Waals surface area contributed by atoms with Crippen molar-refractivity contribution in [3.8, 4) is 11.5 Å². The predicted octanol–water partition coefficient (Wildman–Crippen LogP) is 7.86. The zero-order chi connectivity index (χ0) is 28.8. The van der Waals surface area contributed by atoms with Gasteiger partial charge in [-0.1, -0.05) is 79.5 Å². The molecule has 1 aliphatic heterocycles. The Hall–Kier alpha value is -4.03. The van der Waals surface area contributed by atoms with Crippen LogP contribution in [0.2, 0.25) is 5.02 Å². The number of aryl methyl sites for hydroxylation is 1. The van der Waals surface area contributed by atoms with Crippen LogP contribution in [0.5, 0.6) is 11.5 Å². The average Bonchev–Trinajstić information content (AvgIpc) is 2.92. The number of nitrogens with one attached hydrogen (secondary N) is 1. The van der Waals surface area contributed by atoms with Crippen molar-refractivity contribution in [1.82, 2.24) is 0 Å². The van der Waals surface area contributed by atoms with E-state index in [0.717, 1.165) is 5.56 Å². The number of nitrogens with zero attached hydrogens (tertiary/aromatic N) is 1. The number of ketones is 1.